The van der Waals surface area contributed by atoms with Crippen LogP contribution in [0, 0.1) is 0 Å². The molecule has 200 valence electrons. The number of rotatable bonds is 18. The van der Waals surface area contributed by atoms with Gasteiger partial charge in [-0.25, -0.2) is 4.79 Å². The summed E-state index contributed by atoms with van der Waals surface area (Å²) in [6.45, 7) is 1.97. The van der Waals surface area contributed by atoms with Crippen LogP contribution in [0.4, 0.5) is 0 Å². The van der Waals surface area contributed by atoms with E-state index in [2.05, 4.69) is 20.9 Å². The van der Waals surface area contributed by atoms with Crippen LogP contribution in [-0.2, 0) is 24.0 Å². The molecule has 0 radical (unpaired) electrons. The molecule has 0 aromatic rings. The van der Waals surface area contributed by atoms with Crippen LogP contribution in [-0.4, -0.2) is 83.1 Å². The second kappa shape index (κ2) is 17.0. The van der Waals surface area contributed by atoms with E-state index in [1.807, 2.05) is 0 Å². The maximum atomic E-state index is 12.7. The van der Waals surface area contributed by atoms with Gasteiger partial charge in [0.15, 0.2) is 5.96 Å². The Labute approximate surface area is 203 Å². The summed E-state index contributed by atoms with van der Waals surface area (Å²) in [5.41, 5.74) is 21.6. The van der Waals surface area contributed by atoms with Gasteiger partial charge in [0, 0.05) is 13.0 Å². The fourth-order valence-corrected chi connectivity index (χ4v) is 2.89. The van der Waals surface area contributed by atoms with Gasteiger partial charge in [-0.2, -0.15) is 0 Å². The molecule has 0 aliphatic rings. The molecule has 0 heterocycles. The van der Waals surface area contributed by atoms with Crippen LogP contribution in [0.25, 0.3) is 0 Å². The van der Waals surface area contributed by atoms with E-state index in [4.69, 9.17) is 28.0 Å². The molecule has 35 heavy (non-hydrogen) atoms. The van der Waals surface area contributed by atoms with Gasteiger partial charge < -0.3 is 49.1 Å². The third kappa shape index (κ3) is 14.4. The summed E-state index contributed by atoms with van der Waals surface area (Å²) in [5.74, 6) is -4.77. The Bertz CT molecular complexity index is 758. The van der Waals surface area contributed by atoms with Gasteiger partial charge >= 0.3 is 11.9 Å². The number of carbonyl (C=O) groups excluding carboxylic acids is 3. The summed E-state index contributed by atoms with van der Waals surface area (Å²) in [6.07, 6.45) is 1.16. The van der Waals surface area contributed by atoms with Crippen molar-refractivity contribution in [3.63, 3.8) is 0 Å². The number of carboxylic acids is 2. The highest BCUT2D eigenvalue weighted by molar-refractivity contribution is 5.94. The quantitative estimate of drug-likeness (QED) is 0.0514. The lowest BCUT2D eigenvalue weighted by molar-refractivity contribution is -0.142. The van der Waals surface area contributed by atoms with Gasteiger partial charge in [-0.3, -0.25) is 24.2 Å². The molecule has 0 aromatic carbocycles. The Morgan fingerprint density at radius 2 is 1.46 bits per heavy atom. The number of carbonyl (C=O) groups is 5. The highest BCUT2D eigenvalue weighted by atomic mass is 16.4. The summed E-state index contributed by atoms with van der Waals surface area (Å²) in [7, 11) is 0. The van der Waals surface area contributed by atoms with E-state index in [0.29, 0.717) is 25.8 Å². The molecule has 0 saturated carbocycles. The minimum Gasteiger partial charge on any atom is -0.481 e. The smallest absolute Gasteiger partial charge is 0.326 e. The zero-order valence-electron chi connectivity index (χ0n) is 19.9. The number of nitrogens with two attached hydrogens (primary N) is 4. The van der Waals surface area contributed by atoms with Crippen LogP contribution in [0.1, 0.15) is 51.9 Å². The van der Waals surface area contributed by atoms with Gasteiger partial charge in [-0.05, 0) is 52.0 Å². The number of nitrogens with zero attached hydrogens (tertiary/aromatic N) is 1. The lowest BCUT2D eigenvalue weighted by atomic mass is 10.1. The minimum atomic E-state index is -1.28. The largest absolute Gasteiger partial charge is 0.481 e. The number of aliphatic carboxylic acids is 2. The van der Waals surface area contributed by atoms with Crippen LogP contribution in [0.2, 0.25) is 0 Å². The number of aliphatic imine (C=N–C) groups is 1. The number of unbranched alkanes of at least 4 members (excludes halogenated alkanes) is 1. The molecule has 4 atom stereocenters. The molecule has 0 fully saturated rings. The van der Waals surface area contributed by atoms with E-state index in [1.165, 1.54) is 6.92 Å². The second-order valence-corrected chi connectivity index (χ2v) is 7.96. The number of nitrogens with one attached hydrogen (secondary N) is 3. The van der Waals surface area contributed by atoms with E-state index in [1.54, 1.807) is 0 Å². The number of amides is 3. The molecule has 15 nitrogen and oxygen atoms in total. The average Bonchev–Trinajstić information content (AvgIpc) is 2.77. The first-order valence-corrected chi connectivity index (χ1v) is 11.3. The molecule has 0 spiro atoms. The van der Waals surface area contributed by atoms with Gasteiger partial charge in [-0.15, -0.1) is 0 Å². The van der Waals surface area contributed by atoms with Gasteiger partial charge in [0.2, 0.25) is 17.7 Å². The summed E-state index contributed by atoms with van der Waals surface area (Å²) in [4.78, 5) is 63.6. The van der Waals surface area contributed by atoms with Crippen molar-refractivity contribution in [1.82, 2.24) is 16.0 Å². The fourth-order valence-electron chi connectivity index (χ4n) is 2.89. The predicted molar refractivity (Wildman–Crippen MR) is 127 cm³/mol. The van der Waals surface area contributed by atoms with E-state index >= 15 is 0 Å². The second-order valence-electron chi connectivity index (χ2n) is 7.96. The lowest BCUT2D eigenvalue weighted by Gasteiger charge is -2.23. The third-order valence-corrected chi connectivity index (χ3v) is 4.90. The van der Waals surface area contributed by atoms with Crippen molar-refractivity contribution in [1.29, 1.82) is 0 Å². The first-order chi connectivity index (χ1) is 16.4. The first kappa shape index (κ1) is 31.5. The van der Waals surface area contributed by atoms with E-state index in [9.17, 15) is 29.1 Å². The van der Waals surface area contributed by atoms with Gasteiger partial charge in [0.05, 0.1) is 6.04 Å². The van der Waals surface area contributed by atoms with E-state index in [0.717, 1.165) is 0 Å². The fraction of sp³-hybridized carbons (Fsp3) is 0.700. The van der Waals surface area contributed by atoms with Crippen molar-refractivity contribution in [3.05, 3.63) is 0 Å². The average molecular weight is 503 g/mol. The monoisotopic (exact) mass is 502 g/mol. The Hall–Kier alpha value is -3.46. The van der Waals surface area contributed by atoms with Crippen LogP contribution in [0.3, 0.4) is 0 Å². The molecule has 0 aliphatic carbocycles. The Morgan fingerprint density at radius 1 is 0.829 bits per heavy atom. The summed E-state index contributed by atoms with van der Waals surface area (Å²) >= 11 is 0. The number of hydrogen-bond acceptors (Lipinski definition) is 8. The summed E-state index contributed by atoms with van der Waals surface area (Å²) < 4.78 is 0. The highest BCUT2D eigenvalue weighted by Gasteiger charge is 2.28. The molecule has 0 aliphatic heterocycles. The Morgan fingerprint density at radius 3 is 2.00 bits per heavy atom. The highest BCUT2D eigenvalue weighted by Crippen LogP contribution is 2.04. The molecule has 0 bridgehead atoms. The third-order valence-electron chi connectivity index (χ3n) is 4.90. The van der Waals surface area contributed by atoms with Crippen molar-refractivity contribution < 1.29 is 34.2 Å². The van der Waals surface area contributed by atoms with Crippen molar-refractivity contribution in [2.75, 3.05) is 13.1 Å². The van der Waals surface area contributed by atoms with Gasteiger partial charge in [0.25, 0.3) is 0 Å². The number of guanidine groups is 1. The SMILES string of the molecule is CC(NC(=O)C(CCC(=O)O)NC(=O)C(N)CCCN=C(N)N)C(=O)NC(CCCCN)C(=O)O. The zero-order chi connectivity index (χ0) is 27.0. The zero-order valence-corrected chi connectivity index (χ0v) is 19.9. The molecule has 13 N–H and O–H groups in total. The Kier molecular flexibility index (Phi) is 15.4. The number of carboxylic acid groups (broad SMARTS) is 2. The molecule has 3 amide bonds. The topological polar surface area (TPSA) is 278 Å². The molecule has 0 aromatic heterocycles. The van der Waals surface area contributed by atoms with Crippen molar-refractivity contribution in [2.45, 2.75) is 76.0 Å². The standard InChI is InChI=1S/C20H38N8O7/c1-11(16(31)28-14(19(34)35)6-2-3-9-21)26-18(33)13(7-8-15(29)30)27-17(32)12(22)5-4-10-25-20(23)24/h11-14H,2-10,21-22H2,1H3,(H,26,33)(H,27,32)(H,28,31)(H,29,30)(H,34,35)(H4,23,24,25). The summed E-state index contributed by atoms with van der Waals surface area (Å²) in [5, 5.41) is 25.3. The van der Waals surface area contributed by atoms with Crippen LogP contribution < -0.4 is 38.9 Å². The first-order valence-electron chi connectivity index (χ1n) is 11.3. The molecule has 0 saturated heterocycles. The van der Waals surface area contributed by atoms with E-state index < -0.39 is 60.2 Å². The summed E-state index contributed by atoms with van der Waals surface area (Å²) in [6, 6.07) is -4.60. The lowest BCUT2D eigenvalue weighted by Crippen LogP contribution is -2.56. The van der Waals surface area contributed by atoms with Gasteiger partial charge in [0.1, 0.15) is 18.1 Å². The molecular weight excluding hydrogens is 464 g/mol. The molecule has 0 rings (SSSR count). The minimum absolute atomic E-state index is 0.100. The van der Waals surface area contributed by atoms with Gasteiger partial charge in [-0.1, -0.05) is 0 Å². The number of hydrogen-bond donors (Lipinski definition) is 9. The molecule has 4 unspecified atom stereocenters. The van der Waals surface area contributed by atoms with E-state index in [-0.39, 0.29) is 31.8 Å². The molecular formula is C20H38N8O7. The molecule has 15 heteroatoms. The van der Waals surface area contributed by atoms with Crippen molar-refractivity contribution >= 4 is 35.6 Å². The maximum absolute atomic E-state index is 12.7. The maximum Gasteiger partial charge on any atom is 0.326 e. The van der Waals surface area contributed by atoms with Crippen LogP contribution >= 0.6 is 0 Å². The van der Waals surface area contributed by atoms with Crippen molar-refractivity contribution in [2.24, 2.45) is 27.9 Å². The Balaban J connectivity index is 5.04. The van der Waals surface area contributed by atoms with Crippen LogP contribution in [0.5, 0.6) is 0 Å². The van der Waals surface area contributed by atoms with Crippen LogP contribution in [0.15, 0.2) is 4.99 Å². The van der Waals surface area contributed by atoms with Crippen molar-refractivity contribution in [3.8, 4) is 0 Å². The normalized spacial score (nSPS) is 14.0. The predicted octanol–water partition coefficient (Wildman–Crippen LogP) is -3.08.